The molecule has 2 atom stereocenters. The van der Waals surface area contributed by atoms with Gasteiger partial charge in [0.2, 0.25) is 5.91 Å². The summed E-state index contributed by atoms with van der Waals surface area (Å²) in [5.74, 6) is -1.43. The molecule has 4 nitrogen and oxygen atoms in total. The number of halogens is 3. The number of nitrogens with zero attached hydrogens (tertiary/aromatic N) is 2. The van der Waals surface area contributed by atoms with Gasteiger partial charge in [0.15, 0.2) is 0 Å². The zero-order valence-corrected chi connectivity index (χ0v) is 17.0. The van der Waals surface area contributed by atoms with E-state index in [1.165, 1.54) is 6.07 Å². The smallest absolute Gasteiger partial charge is 0.343 e. The molecule has 1 heterocycles. The molecule has 7 heteroatoms. The topological polar surface area (TPSA) is 40.6 Å². The van der Waals surface area contributed by atoms with E-state index in [4.69, 9.17) is 0 Å². The van der Waals surface area contributed by atoms with Gasteiger partial charge in [-0.3, -0.25) is 9.59 Å². The van der Waals surface area contributed by atoms with E-state index in [9.17, 15) is 22.8 Å². The van der Waals surface area contributed by atoms with Crippen LogP contribution in [0, 0.1) is 5.92 Å². The van der Waals surface area contributed by atoms with Crippen molar-refractivity contribution in [2.75, 3.05) is 26.2 Å². The van der Waals surface area contributed by atoms with Crippen LogP contribution in [0.2, 0.25) is 0 Å². The molecule has 160 valence electrons. The fourth-order valence-electron chi connectivity index (χ4n) is 4.04. The monoisotopic (exact) mass is 418 g/mol. The third kappa shape index (κ3) is 4.50. The maximum absolute atomic E-state index is 13.2. The van der Waals surface area contributed by atoms with Crippen molar-refractivity contribution in [2.24, 2.45) is 5.92 Å². The van der Waals surface area contributed by atoms with Gasteiger partial charge in [-0.05, 0) is 37.6 Å². The lowest BCUT2D eigenvalue weighted by Gasteiger charge is -2.26. The molecule has 2 aromatic rings. The Bertz CT molecular complexity index is 895. The van der Waals surface area contributed by atoms with Crippen molar-refractivity contribution in [1.82, 2.24) is 9.80 Å². The summed E-state index contributed by atoms with van der Waals surface area (Å²) >= 11 is 0. The van der Waals surface area contributed by atoms with Crippen molar-refractivity contribution >= 4 is 11.8 Å². The summed E-state index contributed by atoms with van der Waals surface area (Å²) < 4.78 is 39.7. The molecule has 1 saturated heterocycles. The number of amides is 2. The average molecular weight is 418 g/mol. The third-order valence-electron chi connectivity index (χ3n) is 5.66. The summed E-state index contributed by atoms with van der Waals surface area (Å²) in [5, 5.41) is 0. The van der Waals surface area contributed by atoms with Gasteiger partial charge in [0.05, 0.1) is 11.5 Å². The molecule has 0 bridgehead atoms. The van der Waals surface area contributed by atoms with E-state index in [0.29, 0.717) is 24.2 Å². The maximum atomic E-state index is 13.2. The molecule has 0 spiro atoms. The third-order valence-corrected chi connectivity index (χ3v) is 5.66. The van der Waals surface area contributed by atoms with Gasteiger partial charge in [0.25, 0.3) is 5.91 Å². The van der Waals surface area contributed by atoms with Gasteiger partial charge >= 0.3 is 6.18 Å². The highest BCUT2D eigenvalue weighted by atomic mass is 19.4. The number of alkyl halides is 3. The molecule has 2 aromatic carbocycles. The van der Waals surface area contributed by atoms with E-state index in [1.807, 2.05) is 13.8 Å². The Hall–Kier alpha value is -2.83. The molecule has 1 aliphatic rings. The minimum absolute atomic E-state index is 0.134. The molecular weight excluding hydrogens is 393 g/mol. The van der Waals surface area contributed by atoms with Crippen LogP contribution < -0.4 is 0 Å². The van der Waals surface area contributed by atoms with Gasteiger partial charge in [-0.2, -0.15) is 13.2 Å². The molecule has 1 fully saturated rings. The molecule has 2 unspecified atom stereocenters. The molecule has 0 radical (unpaired) electrons. The molecular formula is C23H25F3N2O2. The maximum Gasteiger partial charge on any atom is 0.416 e. The van der Waals surface area contributed by atoms with E-state index < -0.39 is 23.6 Å². The van der Waals surface area contributed by atoms with Crippen molar-refractivity contribution in [3.63, 3.8) is 0 Å². The lowest BCUT2D eigenvalue weighted by atomic mass is 9.87. The van der Waals surface area contributed by atoms with Crippen LogP contribution in [0.5, 0.6) is 0 Å². The van der Waals surface area contributed by atoms with Crippen LogP contribution in [0.3, 0.4) is 0 Å². The largest absolute Gasteiger partial charge is 0.416 e. The number of carbonyl (C=O) groups excluding carboxylic acids is 2. The second kappa shape index (κ2) is 8.90. The van der Waals surface area contributed by atoms with Gasteiger partial charge in [-0.15, -0.1) is 0 Å². The quantitative estimate of drug-likeness (QED) is 0.721. The number of hydrogen-bond donors (Lipinski definition) is 0. The van der Waals surface area contributed by atoms with E-state index >= 15 is 0 Å². The number of carbonyl (C=O) groups is 2. The van der Waals surface area contributed by atoms with Gasteiger partial charge < -0.3 is 9.80 Å². The van der Waals surface area contributed by atoms with Crippen molar-refractivity contribution in [3.8, 4) is 0 Å². The Labute approximate surface area is 174 Å². The predicted octanol–water partition coefficient (Wildman–Crippen LogP) is 4.43. The highest BCUT2D eigenvalue weighted by Crippen LogP contribution is 2.37. The van der Waals surface area contributed by atoms with Gasteiger partial charge in [0, 0.05) is 37.7 Å². The number of likely N-dealkylation sites (tertiary alicyclic amines) is 1. The molecule has 0 saturated carbocycles. The standard InChI is InChI=1S/C23H25F3N2O2/c1-3-27(4-2)22(30)20-15-28(21(29)16-9-6-5-7-10-16)14-19(20)17-11-8-12-18(13-17)23(24,25)26/h5-13,19-20H,3-4,14-15H2,1-2H3. The Kier molecular flexibility index (Phi) is 6.48. The minimum Gasteiger partial charge on any atom is -0.343 e. The summed E-state index contributed by atoms with van der Waals surface area (Å²) in [4.78, 5) is 29.3. The predicted molar refractivity (Wildman–Crippen MR) is 108 cm³/mol. The van der Waals surface area contributed by atoms with E-state index in [-0.39, 0.29) is 24.9 Å². The van der Waals surface area contributed by atoms with Gasteiger partial charge in [-0.25, -0.2) is 0 Å². The van der Waals surface area contributed by atoms with Gasteiger partial charge in [0.1, 0.15) is 0 Å². The van der Waals surface area contributed by atoms with Crippen molar-refractivity contribution in [2.45, 2.75) is 25.9 Å². The zero-order valence-electron chi connectivity index (χ0n) is 17.0. The Morgan fingerprint density at radius 1 is 1.00 bits per heavy atom. The Morgan fingerprint density at radius 2 is 1.67 bits per heavy atom. The van der Waals surface area contributed by atoms with Crippen LogP contribution in [0.15, 0.2) is 54.6 Å². The molecule has 30 heavy (non-hydrogen) atoms. The summed E-state index contributed by atoms with van der Waals surface area (Å²) in [6, 6.07) is 13.8. The fourth-order valence-corrected chi connectivity index (χ4v) is 4.04. The number of benzene rings is 2. The zero-order chi connectivity index (χ0) is 21.9. The molecule has 2 amide bonds. The second-order valence-electron chi connectivity index (χ2n) is 7.42. The van der Waals surface area contributed by atoms with E-state index in [2.05, 4.69) is 0 Å². The Balaban J connectivity index is 1.95. The minimum atomic E-state index is -4.47. The van der Waals surface area contributed by atoms with E-state index in [1.54, 1.807) is 46.2 Å². The summed E-state index contributed by atoms with van der Waals surface area (Å²) in [6.07, 6.45) is -4.47. The lowest BCUT2D eigenvalue weighted by Crippen LogP contribution is -2.39. The highest BCUT2D eigenvalue weighted by molar-refractivity contribution is 5.95. The summed E-state index contributed by atoms with van der Waals surface area (Å²) in [7, 11) is 0. The van der Waals surface area contributed by atoms with E-state index in [0.717, 1.165) is 12.1 Å². The first-order chi connectivity index (χ1) is 14.3. The van der Waals surface area contributed by atoms with Crippen LogP contribution in [-0.2, 0) is 11.0 Å². The molecule has 0 aliphatic carbocycles. The first-order valence-corrected chi connectivity index (χ1v) is 10.1. The molecule has 0 aromatic heterocycles. The van der Waals surface area contributed by atoms with Crippen LogP contribution in [-0.4, -0.2) is 47.8 Å². The normalized spacial score (nSPS) is 19.0. The van der Waals surface area contributed by atoms with Crippen molar-refractivity contribution in [3.05, 3.63) is 71.3 Å². The highest BCUT2D eigenvalue weighted by Gasteiger charge is 2.42. The first kappa shape index (κ1) is 21.9. The SMILES string of the molecule is CCN(CC)C(=O)C1CN(C(=O)c2ccccc2)CC1c1cccc(C(F)(F)F)c1. The van der Waals surface area contributed by atoms with Crippen molar-refractivity contribution < 1.29 is 22.8 Å². The van der Waals surface area contributed by atoms with Crippen LogP contribution >= 0.6 is 0 Å². The van der Waals surface area contributed by atoms with Crippen molar-refractivity contribution in [1.29, 1.82) is 0 Å². The molecule has 1 aliphatic heterocycles. The number of hydrogen-bond acceptors (Lipinski definition) is 2. The average Bonchev–Trinajstić information content (AvgIpc) is 3.19. The molecule has 3 rings (SSSR count). The van der Waals surface area contributed by atoms with Crippen LogP contribution in [0.4, 0.5) is 13.2 Å². The second-order valence-corrected chi connectivity index (χ2v) is 7.42. The summed E-state index contributed by atoms with van der Waals surface area (Å²) in [6.45, 7) is 5.13. The van der Waals surface area contributed by atoms with Crippen LogP contribution in [0.1, 0.15) is 41.3 Å². The fraction of sp³-hybridized carbons (Fsp3) is 0.391. The first-order valence-electron chi connectivity index (χ1n) is 10.1. The Morgan fingerprint density at radius 3 is 2.27 bits per heavy atom. The molecule has 0 N–H and O–H groups in total. The van der Waals surface area contributed by atoms with Crippen LogP contribution in [0.25, 0.3) is 0 Å². The summed E-state index contributed by atoms with van der Waals surface area (Å²) in [5.41, 5.74) is 0.178. The van der Waals surface area contributed by atoms with Gasteiger partial charge in [-0.1, -0.05) is 36.4 Å². The number of rotatable bonds is 5. The lowest BCUT2D eigenvalue weighted by molar-refractivity contribution is -0.137.